The van der Waals surface area contributed by atoms with E-state index in [1.807, 2.05) is 11.8 Å². The van der Waals surface area contributed by atoms with E-state index in [0.29, 0.717) is 18.7 Å². The maximum Gasteiger partial charge on any atom is 0.254 e. The van der Waals surface area contributed by atoms with Gasteiger partial charge in [0.05, 0.1) is 25.3 Å². The number of aryl methyl sites for hydroxylation is 1. The molecule has 2 aromatic heterocycles. The average molecular weight is 358 g/mol. The minimum absolute atomic E-state index is 0.0765. The number of ether oxygens (including phenoxy) is 1. The lowest BCUT2D eigenvalue weighted by molar-refractivity contribution is -0.0914. The number of amides is 1. The summed E-state index contributed by atoms with van der Waals surface area (Å²) in [5, 5.41) is 3.23. The number of carbonyl (C=O) groups excluding carboxylic acids is 1. The Labute approximate surface area is 151 Å². The number of morpholine rings is 1. The van der Waals surface area contributed by atoms with E-state index >= 15 is 0 Å². The van der Waals surface area contributed by atoms with Crippen LogP contribution in [0.5, 0.6) is 0 Å². The molecule has 2 aliphatic heterocycles. The summed E-state index contributed by atoms with van der Waals surface area (Å²) in [6.07, 6.45) is 4.43. The number of piperidine rings is 1. The molecule has 1 amide bonds. The van der Waals surface area contributed by atoms with E-state index in [2.05, 4.69) is 20.2 Å². The molecule has 2 atom stereocenters. The second kappa shape index (κ2) is 7.19. The van der Waals surface area contributed by atoms with Crippen molar-refractivity contribution in [3.63, 3.8) is 0 Å². The van der Waals surface area contributed by atoms with E-state index in [-0.39, 0.29) is 18.1 Å². The van der Waals surface area contributed by atoms with Crippen LogP contribution in [0.3, 0.4) is 0 Å². The van der Waals surface area contributed by atoms with Gasteiger partial charge in [-0.25, -0.2) is 4.98 Å². The predicted molar refractivity (Wildman–Crippen MR) is 95.5 cm³/mol. The normalized spacial score (nSPS) is 24.1. The molecule has 6 nitrogen and oxygen atoms in total. The number of hydrogen-bond donors (Lipinski definition) is 0. The van der Waals surface area contributed by atoms with Crippen molar-refractivity contribution in [3.8, 4) is 0 Å². The van der Waals surface area contributed by atoms with Crippen LogP contribution in [0.15, 0.2) is 29.9 Å². The van der Waals surface area contributed by atoms with Crippen LogP contribution in [-0.2, 0) is 11.3 Å². The number of carbonyl (C=O) groups is 1. The van der Waals surface area contributed by atoms with Gasteiger partial charge in [-0.1, -0.05) is 0 Å². The molecule has 0 spiro atoms. The number of likely N-dealkylation sites (tertiary alicyclic amines) is 1. The maximum absolute atomic E-state index is 12.9. The van der Waals surface area contributed by atoms with Crippen molar-refractivity contribution < 1.29 is 9.53 Å². The second-order valence-corrected chi connectivity index (χ2v) is 7.56. The summed E-state index contributed by atoms with van der Waals surface area (Å²) in [7, 11) is 0. The monoisotopic (exact) mass is 358 g/mol. The fourth-order valence-corrected chi connectivity index (χ4v) is 4.47. The lowest BCUT2D eigenvalue weighted by Crippen LogP contribution is -2.61. The Kier molecular flexibility index (Phi) is 4.78. The Morgan fingerprint density at radius 1 is 1.36 bits per heavy atom. The highest BCUT2D eigenvalue weighted by molar-refractivity contribution is 7.09. The fraction of sp³-hybridized carbons (Fsp3) is 0.500. The van der Waals surface area contributed by atoms with Gasteiger partial charge in [0.2, 0.25) is 0 Å². The lowest BCUT2D eigenvalue weighted by Gasteiger charge is -2.47. The highest BCUT2D eigenvalue weighted by Crippen LogP contribution is 2.26. The number of pyridine rings is 1. The van der Waals surface area contributed by atoms with Gasteiger partial charge in [-0.05, 0) is 25.5 Å². The molecule has 0 saturated carbocycles. The molecular weight excluding hydrogens is 336 g/mol. The molecule has 2 saturated heterocycles. The summed E-state index contributed by atoms with van der Waals surface area (Å²) >= 11 is 1.71. The van der Waals surface area contributed by atoms with Crippen molar-refractivity contribution in [3.05, 3.63) is 46.2 Å². The number of fused-ring (bicyclic) bond motifs is 1. The SMILES string of the molecule is Cc1csc(CN2CC[C@@H]3OCCN(C(=O)c4ccncc4)[C@H]3C2)n1. The Balaban J connectivity index is 1.48. The molecule has 0 bridgehead atoms. The van der Waals surface area contributed by atoms with Crippen molar-refractivity contribution in [2.24, 2.45) is 0 Å². The summed E-state index contributed by atoms with van der Waals surface area (Å²) in [5.41, 5.74) is 1.77. The zero-order chi connectivity index (χ0) is 17.2. The van der Waals surface area contributed by atoms with Gasteiger partial charge in [0, 0.05) is 48.7 Å². The smallest absolute Gasteiger partial charge is 0.254 e. The number of aromatic nitrogens is 2. The third kappa shape index (κ3) is 3.58. The number of hydrogen-bond acceptors (Lipinski definition) is 6. The third-order valence-electron chi connectivity index (χ3n) is 4.88. The summed E-state index contributed by atoms with van der Waals surface area (Å²) in [6.45, 7) is 5.95. The van der Waals surface area contributed by atoms with Crippen molar-refractivity contribution in [2.45, 2.75) is 32.0 Å². The Morgan fingerprint density at radius 3 is 2.96 bits per heavy atom. The number of nitrogens with zero attached hydrogens (tertiary/aromatic N) is 4. The minimum Gasteiger partial charge on any atom is -0.374 e. The van der Waals surface area contributed by atoms with Crippen LogP contribution in [0.2, 0.25) is 0 Å². The van der Waals surface area contributed by atoms with Crippen molar-refractivity contribution in [1.82, 2.24) is 19.8 Å². The average Bonchev–Trinajstić information content (AvgIpc) is 3.06. The van der Waals surface area contributed by atoms with Crippen LogP contribution in [0, 0.1) is 6.92 Å². The van der Waals surface area contributed by atoms with Gasteiger partial charge in [-0.15, -0.1) is 11.3 Å². The van der Waals surface area contributed by atoms with E-state index in [1.165, 1.54) is 0 Å². The molecule has 0 unspecified atom stereocenters. The molecule has 25 heavy (non-hydrogen) atoms. The first kappa shape index (κ1) is 16.6. The first-order chi connectivity index (χ1) is 12.2. The van der Waals surface area contributed by atoms with Crippen LogP contribution in [0.25, 0.3) is 0 Å². The van der Waals surface area contributed by atoms with Crippen LogP contribution in [0.1, 0.15) is 27.5 Å². The molecular formula is C18H22N4O2S. The van der Waals surface area contributed by atoms with E-state index in [9.17, 15) is 4.79 Å². The van der Waals surface area contributed by atoms with Gasteiger partial charge >= 0.3 is 0 Å². The van der Waals surface area contributed by atoms with Crippen molar-refractivity contribution in [2.75, 3.05) is 26.2 Å². The fourth-order valence-electron chi connectivity index (χ4n) is 3.66. The van der Waals surface area contributed by atoms with E-state index in [4.69, 9.17) is 4.74 Å². The molecule has 0 aromatic carbocycles. The largest absolute Gasteiger partial charge is 0.374 e. The second-order valence-electron chi connectivity index (χ2n) is 6.62. The number of rotatable bonds is 3. The summed E-state index contributed by atoms with van der Waals surface area (Å²) in [5.74, 6) is 0.0765. The Bertz CT molecular complexity index is 736. The molecule has 7 heteroatoms. The van der Waals surface area contributed by atoms with Crippen LogP contribution in [-0.4, -0.2) is 64.1 Å². The number of thiazole rings is 1. The van der Waals surface area contributed by atoms with Crippen molar-refractivity contribution >= 4 is 17.2 Å². The topological polar surface area (TPSA) is 58.6 Å². The standard InChI is InChI=1S/C18H22N4O2S/c1-13-12-25-17(20-13)11-21-7-4-16-15(10-21)22(8-9-24-16)18(23)14-2-5-19-6-3-14/h2-3,5-6,12,15-16H,4,7-11H2,1H3/t15-,16-/m0/s1. The van der Waals surface area contributed by atoms with Crippen LogP contribution in [0.4, 0.5) is 0 Å². The molecule has 0 aliphatic carbocycles. The Hall–Kier alpha value is -1.83. The zero-order valence-corrected chi connectivity index (χ0v) is 15.1. The molecule has 0 N–H and O–H groups in total. The predicted octanol–water partition coefficient (Wildman–Crippen LogP) is 1.96. The highest BCUT2D eigenvalue weighted by atomic mass is 32.1. The molecule has 2 aliphatic rings. The first-order valence-corrected chi connectivity index (χ1v) is 9.54. The summed E-state index contributed by atoms with van der Waals surface area (Å²) in [4.78, 5) is 25.9. The maximum atomic E-state index is 12.9. The molecule has 132 valence electrons. The quantitative estimate of drug-likeness (QED) is 0.839. The summed E-state index contributed by atoms with van der Waals surface area (Å²) in [6, 6.07) is 3.67. The van der Waals surface area contributed by atoms with Gasteiger partial charge in [-0.3, -0.25) is 14.7 Å². The van der Waals surface area contributed by atoms with Gasteiger partial charge in [-0.2, -0.15) is 0 Å². The van der Waals surface area contributed by atoms with Gasteiger partial charge < -0.3 is 9.64 Å². The highest BCUT2D eigenvalue weighted by Gasteiger charge is 2.39. The third-order valence-corrected chi connectivity index (χ3v) is 5.83. The van der Waals surface area contributed by atoms with Gasteiger partial charge in [0.15, 0.2) is 0 Å². The van der Waals surface area contributed by atoms with Gasteiger partial charge in [0.25, 0.3) is 5.91 Å². The molecule has 4 heterocycles. The van der Waals surface area contributed by atoms with E-state index in [1.54, 1.807) is 35.9 Å². The lowest BCUT2D eigenvalue weighted by atomic mass is 9.98. The molecule has 0 radical (unpaired) electrons. The van der Waals surface area contributed by atoms with Crippen LogP contribution >= 0.6 is 11.3 Å². The van der Waals surface area contributed by atoms with E-state index in [0.717, 1.165) is 36.8 Å². The zero-order valence-electron chi connectivity index (χ0n) is 14.3. The molecule has 4 rings (SSSR count). The summed E-state index contributed by atoms with van der Waals surface area (Å²) < 4.78 is 5.95. The van der Waals surface area contributed by atoms with Crippen molar-refractivity contribution in [1.29, 1.82) is 0 Å². The molecule has 2 fully saturated rings. The first-order valence-electron chi connectivity index (χ1n) is 8.66. The van der Waals surface area contributed by atoms with Gasteiger partial charge in [0.1, 0.15) is 5.01 Å². The molecule has 2 aromatic rings. The minimum atomic E-state index is 0.0765. The van der Waals surface area contributed by atoms with E-state index < -0.39 is 0 Å². The Morgan fingerprint density at radius 2 is 2.20 bits per heavy atom. The van der Waals surface area contributed by atoms with Crippen LogP contribution < -0.4 is 0 Å².